The molecule has 3 atom stereocenters. The van der Waals surface area contributed by atoms with E-state index in [1.807, 2.05) is 6.92 Å². The van der Waals surface area contributed by atoms with Gasteiger partial charge in [0.15, 0.2) is 0 Å². The van der Waals surface area contributed by atoms with Gasteiger partial charge in [0.1, 0.15) is 67.8 Å². The van der Waals surface area contributed by atoms with Crippen molar-refractivity contribution < 1.29 is 103 Å². The number of halogens is 1. The van der Waals surface area contributed by atoms with Crippen LogP contribution in [-0.2, 0) is 0 Å². The van der Waals surface area contributed by atoms with Crippen LogP contribution in [0.4, 0.5) is 4.39 Å². The third kappa shape index (κ3) is 26.6. The summed E-state index contributed by atoms with van der Waals surface area (Å²) in [5, 5.41) is 61.9. The van der Waals surface area contributed by atoms with Crippen LogP contribution in [-0.4, -0.2) is 280 Å². The molecule has 0 aliphatic carbocycles. The Hall–Kier alpha value is -16.5. The summed E-state index contributed by atoms with van der Waals surface area (Å²) in [5.74, 6) is -10.7. The molecule has 0 fully saturated rings. The van der Waals surface area contributed by atoms with E-state index < -0.39 is 192 Å². The summed E-state index contributed by atoms with van der Waals surface area (Å²) in [5.41, 5.74) is -4.27. The third-order valence-corrected chi connectivity index (χ3v) is 21.6. The number of carbonyl (C=O) groups is 12. The van der Waals surface area contributed by atoms with Crippen molar-refractivity contribution in [2.24, 2.45) is 11.5 Å². The highest BCUT2D eigenvalue weighted by molar-refractivity contribution is 6.00. The maximum atomic E-state index is 14.9. The molecule has 8 aromatic rings. The molecule has 3 aliphatic heterocycles. The second-order valence-corrected chi connectivity index (χ2v) is 31.5. The van der Waals surface area contributed by atoms with Gasteiger partial charge in [-0.2, -0.15) is 0 Å². The fourth-order valence-corrected chi connectivity index (χ4v) is 14.2. The zero-order chi connectivity index (χ0) is 102. The Morgan fingerprint density at radius 1 is 0.482 bits per heavy atom. The lowest BCUT2D eigenvalue weighted by Gasteiger charge is -2.33. The molecule has 0 aromatic carbocycles. The number of alkyl halides is 1. The molecule has 50 nitrogen and oxygen atoms in total. The van der Waals surface area contributed by atoms with Crippen LogP contribution < -0.4 is 118 Å². The highest BCUT2D eigenvalue weighted by atomic mass is 19.1. The normalized spacial score (nSPS) is 15.1. The quantitative estimate of drug-likeness (QED) is 0.0150. The predicted octanol–water partition coefficient (Wildman–Crippen LogP) is -3.21. The number of amides is 12. The van der Waals surface area contributed by atoms with Crippen LogP contribution >= 0.6 is 0 Å². The van der Waals surface area contributed by atoms with Gasteiger partial charge >= 0.3 is 6.16 Å². The summed E-state index contributed by atoms with van der Waals surface area (Å²) < 4.78 is 16.8. The maximum Gasteiger partial charge on any atom is 0.686 e. The van der Waals surface area contributed by atoms with Crippen molar-refractivity contribution in [3.8, 4) is 0 Å². The van der Waals surface area contributed by atoms with Crippen molar-refractivity contribution in [1.82, 2.24) is 100.0 Å². The van der Waals surface area contributed by atoms with Crippen molar-refractivity contribution in [3.05, 3.63) is 272 Å². The van der Waals surface area contributed by atoms with E-state index >= 15 is 0 Å². The first-order chi connectivity index (χ1) is 67.0. The molecule has 139 heavy (non-hydrogen) atoms. The smallest absolute Gasteiger partial charge is 0.425 e. The van der Waals surface area contributed by atoms with E-state index in [2.05, 4.69) is 42.5 Å². The molecule has 746 valence electrons. The number of nitrogens with two attached hydrogens (primary N) is 2. The first kappa shape index (κ1) is 105. The van der Waals surface area contributed by atoms with E-state index in [9.17, 15) is 121 Å². The van der Waals surface area contributed by atoms with E-state index in [4.69, 9.17) is 32.2 Å². The van der Waals surface area contributed by atoms with Gasteiger partial charge in [0, 0.05) is 129 Å². The molecule has 1 unspecified atom stereocenters. The molecule has 8 aromatic heterocycles. The standard InChI is InChI=1S/C44H51N11O14.C43H55N11O14.CH3F/c1-3-21-46-36(58)28-16-18-30-38(60)48-26-27(11-4-5-20-45)49-39(61)31-19-17-29-37(59)47-22-10-25-51-24-7-6-23-50(2)42(64)32-12-8-14-34(56)52(32)66-44(68-54(30)40(28)62,69-55(31)41(29)63)67-53-33(43(51)65)13-9-15-35(53)57;1-3-21-45-36(57)28-16-18-30(53(67)40(28)61)38(59)47-26-27(11-4-5-20-44)48-39(60)31-19-17-29(41(62)54(31)68)37(58)46-22-10-25-50(43(64)33-13-9-15-35(56)52(33)66)24-7-6-23-49(2)42(63)32-12-8-14-34(55)51(32)65;1-2/h8-9,12-19,27H,3-7,10-11,20-26,45H2,1-2H3,(H,46,58)(H,47,59)(H,48,60)(H,49,61);8-9,12-19,27,65-68H,3-7,10-11,20-26,44H2,1-2H3,(H,45,57)(H,46,58)(H,47,59)(H,48,60);1H3/t27-,44?;27-;/m00./s1/i;;1D. The molecule has 51 heteroatoms. The summed E-state index contributed by atoms with van der Waals surface area (Å²) in [4.78, 5) is 301. The summed E-state index contributed by atoms with van der Waals surface area (Å²) in [7, 11) is 1.88. The van der Waals surface area contributed by atoms with Gasteiger partial charge in [0.2, 0.25) is 0 Å². The molecule has 4 bridgehead atoms. The highest BCUT2D eigenvalue weighted by Gasteiger charge is 2.53. The number of hydrogen-bond donors (Lipinski definition) is 14. The number of fused-ring (bicyclic) bond motifs is 4. The monoisotopic (exact) mass is 1940 g/mol. The second-order valence-electron chi connectivity index (χ2n) is 31.5. The molecule has 11 heterocycles. The maximum absolute atomic E-state index is 14.9. The van der Waals surface area contributed by atoms with Crippen LogP contribution in [0.1, 0.15) is 230 Å². The van der Waals surface area contributed by atoms with Gasteiger partial charge in [-0.25, -0.2) is 0 Å². The van der Waals surface area contributed by atoms with Crippen molar-refractivity contribution in [3.63, 3.8) is 0 Å². The molecule has 0 radical (unpaired) electrons. The van der Waals surface area contributed by atoms with Crippen LogP contribution in [0.2, 0.25) is 0 Å². The Labute approximate surface area is 789 Å². The van der Waals surface area contributed by atoms with E-state index in [1.54, 1.807) is 6.92 Å². The number of aromatic nitrogens is 8. The van der Waals surface area contributed by atoms with Gasteiger partial charge in [-0.05, 0) is 163 Å². The second kappa shape index (κ2) is 50.2. The lowest BCUT2D eigenvalue weighted by Crippen LogP contribution is -2.69. The Bertz CT molecular complexity index is 6430. The summed E-state index contributed by atoms with van der Waals surface area (Å²) in [6.07, 6.45) is 0.943. The van der Waals surface area contributed by atoms with Gasteiger partial charge in [0.25, 0.3) is 115 Å². The lowest BCUT2D eigenvalue weighted by atomic mass is 10.1. The van der Waals surface area contributed by atoms with Crippen molar-refractivity contribution in [2.45, 2.75) is 122 Å². The molecule has 3 aliphatic rings. The van der Waals surface area contributed by atoms with Crippen LogP contribution in [0.3, 0.4) is 0 Å². The van der Waals surface area contributed by atoms with Gasteiger partial charge in [0.05, 0.1) is 8.52 Å². The Balaban J connectivity index is 0.000000304. The average molecular weight is 1940 g/mol. The molecule has 0 saturated heterocycles. The molecule has 12 amide bonds. The van der Waals surface area contributed by atoms with E-state index in [-0.39, 0.29) is 161 Å². The van der Waals surface area contributed by atoms with Crippen LogP contribution in [0.5, 0.6) is 0 Å². The van der Waals surface area contributed by atoms with E-state index in [0.29, 0.717) is 75.5 Å². The molecular formula is C88H109FN22O28. The van der Waals surface area contributed by atoms with Gasteiger partial charge in [-0.3, -0.25) is 120 Å². The molecule has 16 N–H and O–H groups in total. The van der Waals surface area contributed by atoms with Crippen molar-refractivity contribution >= 4 is 70.9 Å². The molecule has 11 rings (SSSR count). The Morgan fingerprint density at radius 2 is 0.964 bits per heavy atom. The lowest BCUT2D eigenvalue weighted by molar-refractivity contribution is -0.491. The minimum atomic E-state index is -3.98. The van der Waals surface area contributed by atoms with Crippen LogP contribution in [0.25, 0.3) is 0 Å². The number of nitrogens with one attached hydrogen (secondary N) is 8. The number of unbranched alkanes of at least 4 members (excludes halogenated alkanes) is 3. The zero-order valence-corrected chi connectivity index (χ0v) is 76.2. The summed E-state index contributed by atoms with van der Waals surface area (Å²) >= 11 is 0. The van der Waals surface area contributed by atoms with Crippen molar-refractivity contribution in [1.29, 1.82) is 0 Å². The SMILES string of the molecule is CCCNC(=O)c1ccc(C(=O)NC[C@H](CCCCN)NC(=O)c2ccc(C(=O)NCCCN(CCCCN(C)C(=O)c3cccc(=O)n3O)C(=O)c3cccc(=O)n3O)c(=O)n2O)n(O)c1=O.CCCNC(=O)c1ccc2n(c1=O)OC13On4c(cccc4=O)C(=O)N(C)CCCCN(CCCNC(=O)c4ccc(n(c4=O)O1)C(=O)N[C@@H](CCCCN)CNC2=O)C(=O)c1cccc(=O)n1O3.[2H]CF. The van der Waals surface area contributed by atoms with E-state index in [1.165, 1.54) is 76.2 Å². The van der Waals surface area contributed by atoms with Gasteiger partial charge in [-0.1, -0.05) is 51.0 Å². The number of carbonyl (C=O) groups excluding carboxylic acids is 12. The number of pyridine rings is 8. The minimum Gasteiger partial charge on any atom is -0.425 e. The van der Waals surface area contributed by atoms with E-state index in [0.717, 1.165) is 78.9 Å². The predicted molar refractivity (Wildman–Crippen MR) is 487 cm³/mol. The highest BCUT2D eigenvalue weighted by Crippen LogP contribution is 2.20. The molecular weight excluding hydrogens is 1830 g/mol. The average Bonchev–Trinajstić information content (AvgIpc) is 1.15. The minimum absolute atomic E-state index is 0.0232. The Morgan fingerprint density at radius 3 is 1.55 bits per heavy atom. The summed E-state index contributed by atoms with van der Waals surface area (Å²) in [6.45, 7) is 4.02. The molecule has 0 saturated carbocycles. The van der Waals surface area contributed by atoms with Crippen LogP contribution in [0, 0.1) is 0 Å². The number of rotatable bonds is 31. The van der Waals surface area contributed by atoms with Gasteiger partial charge in [-0.15, -0.1) is 37.8 Å². The largest absolute Gasteiger partial charge is 0.686 e. The van der Waals surface area contributed by atoms with Crippen molar-refractivity contribution in [2.75, 3.05) is 113 Å². The van der Waals surface area contributed by atoms with Gasteiger partial charge < -0.3 is 94.4 Å². The Kier molecular flexibility index (Phi) is 37.7. The molecule has 1 spiro atoms. The summed E-state index contributed by atoms with van der Waals surface area (Å²) in [6, 6.07) is 20.3. The fourth-order valence-electron chi connectivity index (χ4n) is 14.2. The number of hydrogen-bond acceptors (Lipinski definition) is 30. The first-order valence-corrected chi connectivity index (χ1v) is 44.1. The first-order valence-electron chi connectivity index (χ1n) is 44.8. The zero-order valence-electron chi connectivity index (χ0n) is 77.2. The number of nitrogens with zero attached hydrogens (tertiary/aromatic N) is 12. The topological polar surface area (TPSA) is 660 Å². The van der Waals surface area contributed by atoms with Crippen LogP contribution in [0.15, 0.2) is 160 Å². The fraction of sp³-hybridized carbons (Fsp3) is 0.409. The third-order valence-electron chi connectivity index (χ3n) is 21.6.